The van der Waals surface area contributed by atoms with E-state index in [1.807, 2.05) is 30.5 Å². The Morgan fingerprint density at radius 3 is 2.84 bits per heavy atom. The van der Waals surface area contributed by atoms with E-state index in [1.165, 1.54) is 7.11 Å². The number of nitrogens with one attached hydrogen (secondary N) is 1. The highest BCUT2D eigenvalue weighted by Gasteiger charge is 2.15. The Morgan fingerprint density at radius 1 is 1.37 bits per heavy atom. The standard InChI is InChI=1S/C14H15N3OS/c1-18-14-12(11(15)6-7-17-14)13(16)9-4-3-5-10(8-9)19-2/h3-8,16H,1-2H3,(H2,15,17). The summed E-state index contributed by atoms with van der Waals surface area (Å²) < 4.78 is 5.19. The topological polar surface area (TPSA) is 72.0 Å². The molecule has 98 valence electrons. The average Bonchev–Trinajstić information content (AvgIpc) is 2.46. The van der Waals surface area contributed by atoms with E-state index in [0.29, 0.717) is 22.8 Å². The molecule has 5 heteroatoms. The number of thioether (sulfide) groups is 1. The second kappa shape index (κ2) is 5.75. The first kappa shape index (κ1) is 13.4. The van der Waals surface area contributed by atoms with Crippen LogP contribution in [0.4, 0.5) is 5.69 Å². The van der Waals surface area contributed by atoms with Crippen LogP contribution in [0.3, 0.4) is 0 Å². The van der Waals surface area contributed by atoms with Crippen molar-refractivity contribution in [3.8, 4) is 5.88 Å². The van der Waals surface area contributed by atoms with E-state index >= 15 is 0 Å². The SMILES string of the molecule is COc1nccc(N)c1C(=N)c1cccc(SC)c1. The lowest BCUT2D eigenvalue weighted by atomic mass is 10.0. The number of ether oxygens (including phenoxy) is 1. The third kappa shape index (κ3) is 2.71. The first-order valence-corrected chi connectivity index (χ1v) is 6.91. The number of hydrogen-bond donors (Lipinski definition) is 2. The van der Waals surface area contributed by atoms with Gasteiger partial charge in [-0.15, -0.1) is 11.8 Å². The predicted octanol–water partition coefficient (Wildman–Crippen LogP) is 2.81. The van der Waals surface area contributed by atoms with E-state index in [9.17, 15) is 0 Å². The van der Waals surface area contributed by atoms with Crippen molar-refractivity contribution in [3.05, 3.63) is 47.7 Å². The molecular formula is C14H15N3OS. The smallest absolute Gasteiger partial charge is 0.224 e. The van der Waals surface area contributed by atoms with Crippen molar-refractivity contribution in [1.29, 1.82) is 5.41 Å². The minimum atomic E-state index is 0.318. The summed E-state index contributed by atoms with van der Waals surface area (Å²) in [4.78, 5) is 5.20. The molecule has 0 bridgehead atoms. The maximum absolute atomic E-state index is 8.32. The van der Waals surface area contributed by atoms with Gasteiger partial charge in [-0.05, 0) is 24.5 Å². The molecule has 2 rings (SSSR count). The number of nitrogens with two attached hydrogens (primary N) is 1. The van der Waals surface area contributed by atoms with Crippen molar-refractivity contribution in [3.63, 3.8) is 0 Å². The fourth-order valence-corrected chi connectivity index (χ4v) is 2.25. The number of rotatable bonds is 4. The van der Waals surface area contributed by atoms with Crippen molar-refractivity contribution in [1.82, 2.24) is 4.98 Å². The van der Waals surface area contributed by atoms with Gasteiger partial charge >= 0.3 is 0 Å². The number of benzene rings is 1. The third-order valence-electron chi connectivity index (χ3n) is 2.75. The van der Waals surface area contributed by atoms with Crippen LogP contribution in [0.1, 0.15) is 11.1 Å². The van der Waals surface area contributed by atoms with Gasteiger partial charge in [-0.1, -0.05) is 12.1 Å². The highest BCUT2D eigenvalue weighted by atomic mass is 32.2. The Balaban J connectivity index is 2.49. The van der Waals surface area contributed by atoms with Gasteiger partial charge in [-0.3, -0.25) is 5.41 Å². The third-order valence-corrected chi connectivity index (χ3v) is 3.48. The minimum Gasteiger partial charge on any atom is -0.480 e. The van der Waals surface area contributed by atoms with Crippen LogP contribution in [-0.2, 0) is 0 Å². The molecule has 3 N–H and O–H groups in total. The Hall–Kier alpha value is -2.01. The molecular weight excluding hydrogens is 258 g/mol. The molecule has 0 amide bonds. The summed E-state index contributed by atoms with van der Waals surface area (Å²) in [5.41, 5.74) is 8.08. The quantitative estimate of drug-likeness (QED) is 0.663. The van der Waals surface area contributed by atoms with E-state index in [1.54, 1.807) is 24.0 Å². The molecule has 2 aromatic rings. The Bertz CT molecular complexity index is 613. The molecule has 1 heterocycles. The summed E-state index contributed by atoms with van der Waals surface area (Å²) >= 11 is 1.63. The van der Waals surface area contributed by atoms with Gasteiger partial charge in [0.15, 0.2) is 0 Å². The molecule has 0 aliphatic rings. The summed E-state index contributed by atoms with van der Waals surface area (Å²) in [5, 5.41) is 8.32. The Kier molecular flexibility index (Phi) is 4.06. The lowest BCUT2D eigenvalue weighted by molar-refractivity contribution is 0.397. The van der Waals surface area contributed by atoms with Crippen molar-refractivity contribution in [2.75, 3.05) is 19.1 Å². The predicted molar refractivity (Wildman–Crippen MR) is 79.4 cm³/mol. The first-order chi connectivity index (χ1) is 9.17. The minimum absolute atomic E-state index is 0.318. The lowest BCUT2D eigenvalue weighted by Crippen LogP contribution is -2.09. The van der Waals surface area contributed by atoms with Gasteiger partial charge in [-0.25, -0.2) is 4.98 Å². The zero-order valence-corrected chi connectivity index (χ0v) is 11.6. The zero-order chi connectivity index (χ0) is 13.8. The highest BCUT2D eigenvalue weighted by molar-refractivity contribution is 7.98. The van der Waals surface area contributed by atoms with E-state index in [2.05, 4.69) is 4.98 Å². The van der Waals surface area contributed by atoms with Crippen LogP contribution in [0.15, 0.2) is 41.4 Å². The molecule has 1 aromatic carbocycles. The van der Waals surface area contributed by atoms with Gasteiger partial charge in [0, 0.05) is 22.3 Å². The summed E-state index contributed by atoms with van der Waals surface area (Å²) in [7, 11) is 1.52. The van der Waals surface area contributed by atoms with Gasteiger partial charge < -0.3 is 10.5 Å². The zero-order valence-electron chi connectivity index (χ0n) is 10.8. The van der Waals surface area contributed by atoms with Crippen LogP contribution in [-0.4, -0.2) is 24.1 Å². The number of nitrogen functional groups attached to an aromatic ring is 1. The number of pyridine rings is 1. The number of hydrogen-bond acceptors (Lipinski definition) is 5. The fraction of sp³-hybridized carbons (Fsp3) is 0.143. The summed E-state index contributed by atoms with van der Waals surface area (Å²) in [6.45, 7) is 0. The molecule has 1 aromatic heterocycles. The molecule has 0 saturated carbocycles. The van der Waals surface area contributed by atoms with E-state index in [0.717, 1.165) is 10.5 Å². The van der Waals surface area contributed by atoms with Crippen LogP contribution in [0, 0.1) is 5.41 Å². The number of anilines is 1. The molecule has 0 radical (unpaired) electrons. The maximum atomic E-state index is 8.32. The van der Waals surface area contributed by atoms with Crippen LogP contribution >= 0.6 is 11.8 Å². The largest absolute Gasteiger partial charge is 0.480 e. The molecule has 4 nitrogen and oxygen atoms in total. The van der Waals surface area contributed by atoms with Gasteiger partial charge in [0.1, 0.15) is 0 Å². The van der Waals surface area contributed by atoms with E-state index < -0.39 is 0 Å². The molecule has 0 spiro atoms. The number of nitrogens with zero attached hydrogens (tertiary/aromatic N) is 1. The van der Waals surface area contributed by atoms with Crippen molar-refractivity contribution >= 4 is 23.2 Å². The molecule has 0 aliphatic carbocycles. The monoisotopic (exact) mass is 273 g/mol. The number of methoxy groups -OCH3 is 1. The summed E-state index contributed by atoms with van der Waals surface area (Å²) in [6.07, 6.45) is 3.57. The van der Waals surface area contributed by atoms with Crippen molar-refractivity contribution < 1.29 is 4.74 Å². The van der Waals surface area contributed by atoms with Gasteiger partial charge in [0.2, 0.25) is 5.88 Å². The lowest BCUT2D eigenvalue weighted by Gasteiger charge is -2.11. The van der Waals surface area contributed by atoms with Crippen molar-refractivity contribution in [2.45, 2.75) is 4.90 Å². The Morgan fingerprint density at radius 2 is 2.16 bits per heavy atom. The first-order valence-electron chi connectivity index (χ1n) is 5.69. The molecule has 0 saturated heterocycles. The second-order valence-corrected chi connectivity index (χ2v) is 4.77. The molecule has 0 atom stereocenters. The molecule has 0 fully saturated rings. The van der Waals surface area contributed by atoms with E-state index in [-0.39, 0.29) is 0 Å². The molecule has 19 heavy (non-hydrogen) atoms. The van der Waals surface area contributed by atoms with Gasteiger partial charge in [-0.2, -0.15) is 0 Å². The van der Waals surface area contributed by atoms with E-state index in [4.69, 9.17) is 15.9 Å². The van der Waals surface area contributed by atoms with Crippen LogP contribution in [0.5, 0.6) is 5.88 Å². The second-order valence-electron chi connectivity index (χ2n) is 3.89. The summed E-state index contributed by atoms with van der Waals surface area (Å²) in [5.74, 6) is 0.375. The highest BCUT2D eigenvalue weighted by Crippen LogP contribution is 2.26. The van der Waals surface area contributed by atoms with Gasteiger partial charge in [0.05, 0.1) is 18.4 Å². The average molecular weight is 273 g/mol. The molecule has 0 aliphatic heterocycles. The van der Waals surface area contributed by atoms with Gasteiger partial charge in [0.25, 0.3) is 0 Å². The summed E-state index contributed by atoms with van der Waals surface area (Å²) in [6, 6.07) is 9.44. The normalized spacial score (nSPS) is 10.2. The Labute approximate surface area is 116 Å². The van der Waals surface area contributed by atoms with Crippen LogP contribution in [0.25, 0.3) is 0 Å². The van der Waals surface area contributed by atoms with Crippen LogP contribution in [0.2, 0.25) is 0 Å². The number of aromatic nitrogens is 1. The van der Waals surface area contributed by atoms with Crippen LogP contribution < -0.4 is 10.5 Å². The maximum Gasteiger partial charge on any atom is 0.224 e. The fourth-order valence-electron chi connectivity index (χ4n) is 1.79. The van der Waals surface area contributed by atoms with Crippen molar-refractivity contribution in [2.24, 2.45) is 0 Å². The molecule has 0 unspecified atom stereocenters.